The summed E-state index contributed by atoms with van der Waals surface area (Å²) in [5.41, 5.74) is 2.28. The Morgan fingerprint density at radius 2 is 2.00 bits per heavy atom. The van der Waals surface area contributed by atoms with E-state index in [-0.39, 0.29) is 6.09 Å². The molecule has 29 heavy (non-hydrogen) atoms. The number of unbranched alkanes of at least 4 members (excludes halogenated alkanes) is 1. The number of carbonyl (C=O) groups is 2. The number of rotatable bonds is 7. The van der Waals surface area contributed by atoms with Gasteiger partial charge in [-0.25, -0.2) is 4.79 Å². The summed E-state index contributed by atoms with van der Waals surface area (Å²) in [5, 5.41) is 0. The fourth-order valence-corrected chi connectivity index (χ4v) is 4.38. The zero-order valence-electron chi connectivity index (χ0n) is 17.8. The largest absolute Gasteiger partial charge is 0.445 e. The Balaban J connectivity index is 1.52. The molecule has 0 saturated carbocycles. The average Bonchev–Trinajstić information content (AvgIpc) is 2.89. The van der Waals surface area contributed by atoms with Gasteiger partial charge in [0.2, 0.25) is 5.91 Å². The zero-order chi connectivity index (χ0) is 20.6. The molecule has 0 aromatic heterocycles. The van der Waals surface area contributed by atoms with Crippen LogP contribution in [0.3, 0.4) is 0 Å². The highest BCUT2D eigenvalue weighted by Gasteiger charge is 2.32. The lowest BCUT2D eigenvalue weighted by molar-refractivity contribution is -0.131. The summed E-state index contributed by atoms with van der Waals surface area (Å²) >= 11 is 0. The molecule has 1 aliphatic heterocycles. The predicted molar refractivity (Wildman–Crippen MR) is 114 cm³/mol. The molecule has 1 fully saturated rings. The summed E-state index contributed by atoms with van der Waals surface area (Å²) in [7, 11) is 1.79. The van der Waals surface area contributed by atoms with Crippen molar-refractivity contribution in [3.8, 4) is 0 Å². The highest BCUT2D eigenvalue weighted by Crippen LogP contribution is 2.35. The molecule has 0 radical (unpaired) electrons. The number of allylic oxidation sites excluding steroid dienone is 1. The fourth-order valence-electron chi connectivity index (χ4n) is 4.38. The number of hydrogen-bond acceptors (Lipinski definition) is 3. The van der Waals surface area contributed by atoms with Gasteiger partial charge in [-0.1, -0.05) is 55.3 Å². The Morgan fingerprint density at radius 1 is 1.21 bits per heavy atom. The highest BCUT2D eigenvalue weighted by atomic mass is 16.6. The monoisotopic (exact) mass is 398 g/mol. The summed E-state index contributed by atoms with van der Waals surface area (Å²) in [6.07, 6.45) is 7.91. The van der Waals surface area contributed by atoms with Gasteiger partial charge in [-0.15, -0.1) is 0 Å². The maximum Gasteiger partial charge on any atom is 0.410 e. The summed E-state index contributed by atoms with van der Waals surface area (Å²) in [4.78, 5) is 28.5. The second-order valence-electron chi connectivity index (χ2n) is 8.42. The third-order valence-corrected chi connectivity index (χ3v) is 6.13. The van der Waals surface area contributed by atoms with Crippen molar-refractivity contribution in [2.45, 2.75) is 52.1 Å². The molecule has 2 atom stereocenters. The van der Waals surface area contributed by atoms with Crippen molar-refractivity contribution in [3.63, 3.8) is 0 Å². The number of ether oxygens (including phenoxy) is 1. The molecule has 3 rings (SSSR count). The Kier molecular flexibility index (Phi) is 7.73. The van der Waals surface area contributed by atoms with Crippen molar-refractivity contribution in [2.24, 2.45) is 11.8 Å². The number of amides is 2. The summed E-state index contributed by atoms with van der Waals surface area (Å²) < 4.78 is 5.43. The van der Waals surface area contributed by atoms with Crippen LogP contribution < -0.4 is 0 Å². The molecule has 0 bridgehead atoms. The van der Waals surface area contributed by atoms with E-state index in [1.807, 2.05) is 30.3 Å². The predicted octanol–water partition coefficient (Wildman–Crippen LogP) is 4.63. The average molecular weight is 399 g/mol. The molecule has 2 aliphatic rings. The van der Waals surface area contributed by atoms with Gasteiger partial charge in [-0.2, -0.15) is 0 Å². The van der Waals surface area contributed by atoms with E-state index in [4.69, 9.17) is 4.74 Å². The van der Waals surface area contributed by atoms with Crippen LogP contribution in [0.5, 0.6) is 0 Å². The summed E-state index contributed by atoms with van der Waals surface area (Å²) in [5.74, 6) is 1.31. The number of fused-ring (bicyclic) bond motifs is 1. The van der Waals surface area contributed by atoms with Crippen LogP contribution in [0.1, 0.15) is 51.0 Å². The van der Waals surface area contributed by atoms with E-state index in [9.17, 15) is 9.59 Å². The Bertz CT molecular complexity index is 716. The Hall–Kier alpha value is -2.30. The number of hydrogen-bond donors (Lipinski definition) is 0. The lowest BCUT2D eigenvalue weighted by atomic mass is 9.79. The van der Waals surface area contributed by atoms with Crippen LogP contribution >= 0.6 is 0 Å². The smallest absolute Gasteiger partial charge is 0.410 e. The molecular formula is C24H34N2O3. The fraction of sp³-hybridized carbons (Fsp3) is 0.583. The summed E-state index contributed by atoms with van der Waals surface area (Å²) in [6.45, 7) is 4.85. The van der Waals surface area contributed by atoms with E-state index in [2.05, 4.69) is 17.9 Å². The number of nitrogens with zero attached hydrogens (tertiary/aromatic N) is 2. The first-order valence-corrected chi connectivity index (χ1v) is 11.0. The van der Waals surface area contributed by atoms with E-state index in [0.717, 1.165) is 50.8 Å². The summed E-state index contributed by atoms with van der Waals surface area (Å²) in [6, 6.07) is 9.74. The van der Waals surface area contributed by atoms with Gasteiger partial charge in [-0.05, 0) is 43.1 Å². The Morgan fingerprint density at radius 3 is 2.76 bits per heavy atom. The van der Waals surface area contributed by atoms with Gasteiger partial charge in [0.15, 0.2) is 0 Å². The minimum Gasteiger partial charge on any atom is -0.445 e. The molecule has 1 aliphatic carbocycles. The molecule has 0 spiro atoms. The van der Waals surface area contributed by atoms with Gasteiger partial charge in [0.25, 0.3) is 0 Å². The molecule has 1 saturated heterocycles. The van der Waals surface area contributed by atoms with Crippen molar-refractivity contribution in [3.05, 3.63) is 47.5 Å². The topological polar surface area (TPSA) is 49.9 Å². The van der Waals surface area contributed by atoms with Crippen LogP contribution in [0.25, 0.3) is 0 Å². The van der Waals surface area contributed by atoms with Crippen molar-refractivity contribution < 1.29 is 14.3 Å². The molecule has 0 N–H and O–H groups in total. The molecular weight excluding hydrogens is 364 g/mol. The van der Waals surface area contributed by atoms with Crippen molar-refractivity contribution >= 4 is 12.0 Å². The molecule has 2 unspecified atom stereocenters. The quantitative estimate of drug-likeness (QED) is 0.629. The van der Waals surface area contributed by atoms with Gasteiger partial charge in [0.05, 0.1) is 0 Å². The van der Waals surface area contributed by atoms with Crippen LogP contribution in [0, 0.1) is 11.8 Å². The zero-order valence-corrected chi connectivity index (χ0v) is 17.8. The van der Waals surface area contributed by atoms with Gasteiger partial charge in [0.1, 0.15) is 6.61 Å². The van der Waals surface area contributed by atoms with E-state index < -0.39 is 0 Å². The molecule has 158 valence electrons. The maximum absolute atomic E-state index is 12.4. The van der Waals surface area contributed by atoms with Gasteiger partial charge < -0.3 is 14.5 Å². The molecule has 1 heterocycles. The minimum atomic E-state index is -0.293. The van der Waals surface area contributed by atoms with Crippen molar-refractivity contribution in [1.82, 2.24) is 9.80 Å². The number of likely N-dealkylation sites (tertiary alicyclic amines) is 1. The Labute approximate surface area is 174 Å². The normalized spacial score (nSPS) is 21.8. The van der Waals surface area contributed by atoms with Crippen molar-refractivity contribution in [2.75, 3.05) is 26.7 Å². The second kappa shape index (κ2) is 10.5. The van der Waals surface area contributed by atoms with E-state index in [1.54, 1.807) is 11.9 Å². The number of likely N-dealkylation sites (N-methyl/N-ethyl adjacent to an activating group) is 1. The first kappa shape index (κ1) is 21.4. The second-order valence-corrected chi connectivity index (χ2v) is 8.42. The van der Waals surface area contributed by atoms with Gasteiger partial charge in [-0.3, -0.25) is 4.79 Å². The molecule has 5 nitrogen and oxygen atoms in total. The van der Waals surface area contributed by atoms with Crippen LogP contribution in [0.2, 0.25) is 0 Å². The van der Waals surface area contributed by atoms with E-state index >= 15 is 0 Å². The number of benzene rings is 1. The molecule has 1 aromatic carbocycles. The lowest BCUT2D eigenvalue weighted by Crippen LogP contribution is -2.36. The lowest BCUT2D eigenvalue weighted by Gasteiger charge is -2.32. The van der Waals surface area contributed by atoms with Crippen molar-refractivity contribution in [1.29, 1.82) is 0 Å². The first-order valence-electron chi connectivity index (χ1n) is 11.0. The minimum absolute atomic E-state index is 0.293. The first-order chi connectivity index (χ1) is 14.1. The number of carbonyl (C=O) groups excluding carboxylic acids is 2. The molecule has 2 amide bonds. The third-order valence-electron chi connectivity index (χ3n) is 6.13. The standard InChI is InChI=1S/C24H34N2O3/c1-3-4-14-26-17-22-11-10-20(15-21(22)12-13-23(26)27)16-25(2)24(28)29-18-19-8-6-5-7-9-19/h5-9,15,21-22H,3-4,10-14,16-18H2,1-2H3. The van der Waals surface area contributed by atoms with Gasteiger partial charge >= 0.3 is 6.09 Å². The van der Waals surface area contributed by atoms with Crippen LogP contribution in [0.15, 0.2) is 42.0 Å². The van der Waals surface area contributed by atoms with Crippen LogP contribution in [0.4, 0.5) is 4.79 Å². The maximum atomic E-state index is 12.4. The highest BCUT2D eigenvalue weighted by molar-refractivity contribution is 5.76. The molecule has 5 heteroatoms. The van der Waals surface area contributed by atoms with Crippen LogP contribution in [-0.2, 0) is 16.1 Å². The van der Waals surface area contributed by atoms with E-state index in [1.165, 1.54) is 5.57 Å². The third kappa shape index (κ3) is 6.09. The van der Waals surface area contributed by atoms with E-state index in [0.29, 0.717) is 37.3 Å². The van der Waals surface area contributed by atoms with Gasteiger partial charge in [0, 0.05) is 33.1 Å². The molecule has 1 aromatic rings. The van der Waals surface area contributed by atoms with Crippen LogP contribution in [-0.4, -0.2) is 48.5 Å². The SMILES string of the molecule is CCCCN1CC2CCC(CN(C)C(=O)OCc3ccccc3)=CC2CCC1=O.